The van der Waals surface area contributed by atoms with Crippen LogP contribution in [0.15, 0.2) is 21.7 Å². The standard InChI is InChI=1S/C18H24N4O2S/c1-13-7-8-15(24-13)9-10-16-20-18(22-21-16)25-12-11-17(23)19-14-5-3-2-4-6-14/h7-10,14H,2-6,11-12H2,1H3,(H,19,23)(H,20,21,22). The highest BCUT2D eigenvalue weighted by atomic mass is 32.2. The molecule has 2 aromatic heterocycles. The van der Waals surface area contributed by atoms with Crippen molar-refractivity contribution in [1.82, 2.24) is 20.5 Å². The maximum atomic E-state index is 12.0. The molecule has 1 aliphatic carbocycles. The molecule has 0 bridgehead atoms. The molecule has 1 fully saturated rings. The fraction of sp³-hybridized carbons (Fsp3) is 0.500. The third kappa shape index (κ3) is 5.77. The lowest BCUT2D eigenvalue weighted by atomic mass is 9.95. The Hall–Kier alpha value is -2.02. The minimum atomic E-state index is 0.128. The van der Waals surface area contributed by atoms with Crippen LogP contribution in [0.4, 0.5) is 0 Å². The first-order chi connectivity index (χ1) is 12.2. The summed E-state index contributed by atoms with van der Waals surface area (Å²) in [6, 6.07) is 4.19. The number of aryl methyl sites for hydroxylation is 1. The normalized spacial score (nSPS) is 15.7. The molecule has 0 saturated heterocycles. The first kappa shape index (κ1) is 17.8. The molecule has 0 unspecified atom stereocenters. The number of aromatic amines is 1. The second-order valence-electron chi connectivity index (χ2n) is 6.29. The Balaban J connectivity index is 1.39. The van der Waals surface area contributed by atoms with Gasteiger partial charge in [0, 0.05) is 18.2 Å². The molecular weight excluding hydrogens is 336 g/mol. The van der Waals surface area contributed by atoms with Gasteiger partial charge in [0.25, 0.3) is 0 Å². The van der Waals surface area contributed by atoms with Gasteiger partial charge in [0.1, 0.15) is 17.3 Å². The number of carbonyl (C=O) groups excluding carboxylic acids is 1. The van der Waals surface area contributed by atoms with Crippen molar-refractivity contribution in [2.45, 2.75) is 56.6 Å². The summed E-state index contributed by atoms with van der Waals surface area (Å²) in [7, 11) is 0. The molecule has 1 aliphatic rings. The minimum Gasteiger partial charge on any atom is -0.462 e. The van der Waals surface area contributed by atoms with E-state index in [1.807, 2.05) is 31.2 Å². The van der Waals surface area contributed by atoms with Crippen LogP contribution >= 0.6 is 11.8 Å². The van der Waals surface area contributed by atoms with Gasteiger partial charge >= 0.3 is 0 Å². The Labute approximate surface area is 151 Å². The Morgan fingerprint density at radius 1 is 1.36 bits per heavy atom. The van der Waals surface area contributed by atoms with E-state index in [0.29, 0.717) is 29.2 Å². The Morgan fingerprint density at radius 2 is 2.20 bits per heavy atom. The van der Waals surface area contributed by atoms with Crippen molar-refractivity contribution >= 4 is 29.8 Å². The van der Waals surface area contributed by atoms with Crippen LogP contribution in [0.3, 0.4) is 0 Å². The number of H-pyrrole nitrogens is 1. The van der Waals surface area contributed by atoms with Crippen molar-refractivity contribution < 1.29 is 9.21 Å². The van der Waals surface area contributed by atoms with Gasteiger partial charge in [0.05, 0.1) is 0 Å². The molecule has 0 radical (unpaired) electrons. The number of hydrogen-bond acceptors (Lipinski definition) is 5. The predicted molar refractivity (Wildman–Crippen MR) is 99.1 cm³/mol. The average molecular weight is 360 g/mol. The summed E-state index contributed by atoms with van der Waals surface area (Å²) in [5.74, 6) is 3.13. The summed E-state index contributed by atoms with van der Waals surface area (Å²) < 4.78 is 5.47. The molecule has 2 heterocycles. The lowest BCUT2D eigenvalue weighted by Gasteiger charge is -2.22. The van der Waals surface area contributed by atoms with Crippen LogP contribution in [0.5, 0.6) is 0 Å². The molecule has 3 rings (SSSR count). The highest BCUT2D eigenvalue weighted by Crippen LogP contribution is 2.18. The quantitative estimate of drug-likeness (QED) is 0.734. The molecule has 1 saturated carbocycles. The van der Waals surface area contributed by atoms with Crippen LogP contribution in [0.2, 0.25) is 0 Å². The van der Waals surface area contributed by atoms with Gasteiger partial charge in [-0.15, -0.1) is 5.10 Å². The first-order valence-corrected chi connectivity index (χ1v) is 9.77. The lowest BCUT2D eigenvalue weighted by molar-refractivity contribution is -0.121. The summed E-state index contributed by atoms with van der Waals surface area (Å²) in [6.07, 6.45) is 10.1. The van der Waals surface area contributed by atoms with E-state index in [4.69, 9.17) is 4.42 Å². The number of aromatic nitrogens is 3. The van der Waals surface area contributed by atoms with Crippen molar-refractivity contribution in [1.29, 1.82) is 0 Å². The van der Waals surface area contributed by atoms with Crippen LogP contribution in [0.1, 0.15) is 55.9 Å². The van der Waals surface area contributed by atoms with E-state index in [1.54, 1.807) is 0 Å². The molecule has 0 spiro atoms. The first-order valence-electron chi connectivity index (χ1n) is 8.78. The third-order valence-corrected chi connectivity index (χ3v) is 5.03. The number of thioether (sulfide) groups is 1. The summed E-state index contributed by atoms with van der Waals surface area (Å²) in [6.45, 7) is 1.91. The molecule has 2 aromatic rings. The number of amides is 1. The van der Waals surface area contributed by atoms with Crippen molar-refractivity contribution in [3.63, 3.8) is 0 Å². The fourth-order valence-corrected chi connectivity index (χ4v) is 3.63. The summed E-state index contributed by atoms with van der Waals surface area (Å²) >= 11 is 1.49. The molecule has 0 aliphatic heterocycles. The Morgan fingerprint density at radius 3 is 2.96 bits per heavy atom. The van der Waals surface area contributed by atoms with Crippen LogP contribution in [0.25, 0.3) is 12.2 Å². The van der Waals surface area contributed by atoms with Crippen molar-refractivity contribution in [3.8, 4) is 0 Å². The predicted octanol–water partition coefficient (Wildman–Crippen LogP) is 3.81. The van der Waals surface area contributed by atoms with Crippen LogP contribution in [-0.2, 0) is 4.79 Å². The molecule has 0 atom stereocenters. The minimum absolute atomic E-state index is 0.128. The highest BCUT2D eigenvalue weighted by Gasteiger charge is 2.15. The fourth-order valence-electron chi connectivity index (χ4n) is 2.88. The SMILES string of the molecule is Cc1ccc(C=Cc2nc(SCCC(=O)NC3CCCCC3)n[nH]2)o1. The molecule has 0 aromatic carbocycles. The van der Waals surface area contributed by atoms with E-state index >= 15 is 0 Å². The summed E-state index contributed by atoms with van der Waals surface area (Å²) in [5.41, 5.74) is 0. The van der Waals surface area contributed by atoms with Gasteiger partial charge in [-0.3, -0.25) is 9.89 Å². The topological polar surface area (TPSA) is 83.8 Å². The molecular formula is C18H24N4O2S. The zero-order valence-corrected chi connectivity index (χ0v) is 15.3. The maximum absolute atomic E-state index is 12.0. The number of hydrogen-bond donors (Lipinski definition) is 2. The van der Waals surface area contributed by atoms with Gasteiger partial charge in [-0.1, -0.05) is 31.0 Å². The van der Waals surface area contributed by atoms with E-state index in [1.165, 1.54) is 31.0 Å². The molecule has 7 heteroatoms. The van der Waals surface area contributed by atoms with Gasteiger partial charge < -0.3 is 9.73 Å². The molecule has 6 nitrogen and oxygen atoms in total. The Kier molecular flexibility index (Phi) is 6.33. The molecule has 134 valence electrons. The van der Waals surface area contributed by atoms with Gasteiger partial charge in [-0.2, -0.15) is 0 Å². The zero-order chi connectivity index (χ0) is 17.5. The summed E-state index contributed by atoms with van der Waals surface area (Å²) in [4.78, 5) is 16.4. The number of nitrogens with zero attached hydrogens (tertiary/aromatic N) is 2. The van der Waals surface area contributed by atoms with Crippen LogP contribution < -0.4 is 5.32 Å². The van der Waals surface area contributed by atoms with E-state index in [0.717, 1.165) is 24.4 Å². The monoisotopic (exact) mass is 360 g/mol. The zero-order valence-electron chi connectivity index (χ0n) is 14.5. The van der Waals surface area contributed by atoms with Crippen molar-refractivity contribution in [2.75, 3.05) is 5.75 Å². The lowest BCUT2D eigenvalue weighted by Crippen LogP contribution is -2.36. The van der Waals surface area contributed by atoms with Gasteiger partial charge in [0.15, 0.2) is 0 Å². The van der Waals surface area contributed by atoms with E-state index in [-0.39, 0.29) is 5.91 Å². The largest absolute Gasteiger partial charge is 0.462 e. The van der Waals surface area contributed by atoms with E-state index in [2.05, 4.69) is 20.5 Å². The Bertz CT molecular complexity index is 716. The van der Waals surface area contributed by atoms with E-state index in [9.17, 15) is 4.79 Å². The number of carbonyl (C=O) groups is 1. The van der Waals surface area contributed by atoms with Gasteiger partial charge in [-0.25, -0.2) is 4.98 Å². The number of furan rings is 1. The number of rotatable bonds is 7. The highest BCUT2D eigenvalue weighted by molar-refractivity contribution is 7.99. The molecule has 1 amide bonds. The van der Waals surface area contributed by atoms with Crippen LogP contribution in [0, 0.1) is 6.92 Å². The van der Waals surface area contributed by atoms with E-state index < -0.39 is 0 Å². The molecule has 25 heavy (non-hydrogen) atoms. The van der Waals surface area contributed by atoms with Gasteiger partial charge in [-0.05, 0) is 44.1 Å². The summed E-state index contributed by atoms with van der Waals surface area (Å²) in [5, 5.41) is 10.8. The average Bonchev–Trinajstić information content (AvgIpc) is 3.23. The van der Waals surface area contributed by atoms with Crippen molar-refractivity contribution in [2.24, 2.45) is 0 Å². The molecule has 2 N–H and O–H groups in total. The third-order valence-electron chi connectivity index (χ3n) is 4.18. The van der Waals surface area contributed by atoms with Crippen molar-refractivity contribution in [3.05, 3.63) is 29.5 Å². The van der Waals surface area contributed by atoms with Crippen LogP contribution in [-0.4, -0.2) is 32.9 Å². The smallest absolute Gasteiger partial charge is 0.221 e. The van der Waals surface area contributed by atoms with Gasteiger partial charge in [0.2, 0.25) is 11.1 Å². The second kappa shape index (κ2) is 8.89. The second-order valence-corrected chi connectivity index (χ2v) is 7.35. The number of nitrogens with one attached hydrogen (secondary N) is 2. The maximum Gasteiger partial charge on any atom is 0.221 e.